The maximum absolute atomic E-state index is 12.2. The number of fused-ring (bicyclic) bond motifs is 1. The molecule has 0 atom stereocenters. The monoisotopic (exact) mass is 388 g/mol. The minimum Gasteiger partial charge on any atom is -0.466 e. The zero-order valence-corrected chi connectivity index (χ0v) is 18.5. The van der Waals surface area contributed by atoms with Gasteiger partial charge in [-0.25, -0.2) is 0 Å². The van der Waals surface area contributed by atoms with Gasteiger partial charge in [-0.05, 0) is 25.7 Å². The van der Waals surface area contributed by atoms with Gasteiger partial charge in [0.05, 0.1) is 0 Å². The molecule has 1 aromatic rings. The molecule has 0 saturated carbocycles. The second-order valence-electron chi connectivity index (χ2n) is 8.89. The average Bonchev–Trinajstić information content (AvgIpc) is 2.71. The van der Waals surface area contributed by atoms with Crippen molar-refractivity contribution in [3.8, 4) is 0 Å². The van der Waals surface area contributed by atoms with Gasteiger partial charge < -0.3 is 4.42 Å². The van der Waals surface area contributed by atoms with Crippen molar-refractivity contribution in [1.29, 1.82) is 0 Å². The summed E-state index contributed by atoms with van der Waals surface area (Å²) in [7, 11) is 0. The molecule has 28 heavy (non-hydrogen) atoms. The Bertz CT molecular complexity index is 572. The molecule has 1 aliphatic carbocycles. The van der Waals surface area contributed by atoms with Gasteiger partial charge in [0.1, 0.15) is 11.5 Å². The van der Waals surface area contributed by atoms with Crippen LogP contribution in [-0.2, 0) is 19.3 Å². The van der Waals surface area contributed by atoms with Crippen LogP contribution in [0.4, 0.5) is 0 Å². The fourth-order valence-corrected chi connectivity index (χ4v) is 4.47. The Morgan fingerprint density at radius 3 is 1.79 bits per heavy atom. The molecule has 0 aliphatic heterocycles. The third kappa shape index (κ3) is 9.43. The van der Waals surface area contributed by atoms with Gasteiger partial charge in [0, 0.05) is 24.5 Å². The largest absolute Gasteiger partial charge is 0.466 e. The first kappa shape index (κ1) is 23.2. The summed E-state index contributed by atoms with van der Waals surface area (Å²) in [5.41, 5.74) is 1.17. The van der Waals surface area contributed by atoms with Gasteiger partial charge in [-0.1, -0.05) is 96.8 Å². The van der Waals surface area contributed by atoms with Crippen LogP contribution < -0.4 is 5.43 Å². The summed E-state index contributed by atoms with van der Waals surface area (Å²) in [6.45, 7) is 2.29. The van der Waals surface area contributed by atoms with E-state index >= 15 is 0 Å². The van der Waals surface area contributed by atoms with E-state index in [2.05, 4.69) is 6.92 Å². The normalized spacial score (nSPS) is 13.6. The third-order valence-electron chi connectivity index (χ3n) is 6.29. The van der Waals surface area contributed by atoms with Crippen molar-refractivity contribution in [3.63, 3.8) is 0 Å². The Balaban J connectivity index is 1.40. The van der Waals surface area contributed by atoms with E-state index in [1.54, 1.807) is 6.07 Å². The smallest absolute Gasteiger partial charge is 0.188 e. The lowest BCUT2D eigenvalue weighted by molar-refractivity contribution is 0.410. The summed E-state index contributed by atoms with van der Waals surface area (Å²) in [5.74, 6) is 1.90. The highest BCUT2D eigenvalue weighted by atomic mass is 16.3. The highest BCUT2D eigenvalue weighted by Gasteiger charge is 2.15. The molecule has 2 nitrogen and oxygen atoms in total. The van der Waals surface area contributed by atoms with Gasteiger partial charge in [-0.15, -0.1) is 0 Å². The predicted octanol–water partition coefficient (Wildman–Crippen LogP) is 7.93. The molecule has 0 aromatic carbocycles. The molecule has 1 aromatic heterocycles. The minimum atomic E-state index is 0.219. The SMILES string of the molecule is CCCCCCCCCCCCCCCCCc1cc(=O)c2c(o1)CCCC2. The van der Waals surface area contributed by atoms with E-state index in [-0.39, 0.29) is 5.43 Å². The molecule has 1 aliphatic rings. The van der Waals surface area contributed by atoms with Gasteiger partial charge in [-0.3, -0.25) is 4.79 Å². The van der Waals surface area contributed by atoms with E-state index in [1.165, 1.54) is 96.3 Å². The predicted molar refractivity (Wildman–Crippen MR) is 120 cm³/mol. The summed E-state index contributed by atoms with van der Waals surface area (Å²) in [6.07, 6.45) is 25.9. The van der Waals surface area contributed by atoms with Gasteiger partial charge >= 0.3 is 0 Å². The molecule has 0 fully saturated rings. The molecule has 2 heteroatoms. The summed E-state index contributed by atoms with van der Waals surface area (Å²) in [5, 5.41) is 0. The number of hydrogen-bond acceptors (Lipinski definition) is 2. The number of rotatable bonds is 16. The van der Waals surface area contributed by atoms with Crippen molar-refractivity contribution in [1.82, 2.24) is 0 Å². The number of aryl methyl sites for hydroxylation is 2. The summed E-state index contributed by atoms with van der Waals surface area (Å²) < 4.78 is 6.00. The third-order valence-corrected chi connectivity index (χ3v) is 6.29. The Kier molecular flexibility index (Phi) is 12.3. The Morgan fingerprint density at radius 1 is 0.714 bits per heavy atom. The Hall–Kier alpha value is -1.05. The maximum atomic E-state index is 12.2. The zero-order chi connectivity index (χ0) is 19.9. The van der Waals surface area contributed by atoms with Crippen LogP contribution in [0.3, 0.4) is 0 Å². The van der Waals surface area contributed by atoms with Crippen LogP contribution in [-0.4, -0.2) is 0 Å². The maximum Gasteiger partial charge on any atom is 0.188 e. The van der Waals surface area contributed by atoms with Crippen molar-refractivity contribution >= 4 is 0 Å². The topological polar surface area (TPSA) is 30.2 Å². The van der Waals surface area contributed by atoms with Crippen molar-refractivity contribution in [2.45, 2.75) is 135 Å². The lowest BCUT2D eigenvalue weighted by Gasteiger charge is -2.14. The second kappa shape index (κ2) is 14.9. The van der Waals surface area contributed by atoms with Crippen molar-refractivity contribution < 1.29 is 4.42 Å². The summed E-state index contributed by atoms with van der Waals surface area (Å²) >= 11 is 0. The molecule has 0 radical (unpaired) electrons. The van der Waals surface area contributed by atoms with E-state index in [4.69, 9.17) is 4.42 Å². The van der Waals surface area contributed by atoms with Crippen LogP contribution in [0.1, 0.15) is 133 Å². The highest BCUT2D eigenvalue weighted by molar-refractivity contribution is 5.22. The summed E-state index contributed by atoms with van der Waals surface area (Å²) in [4.78, 5) is 12.2. The molecular formula is C26H44O2. The second-order valence-corrected chi connectivity index (χ2v) is 8.89. The van der Waals surface area contributed by atoms with Crippen LogP contribution in [0.15, 0.2) is 15.3 Å². The quantitative estimate of drug-likeness (QED) is 0.269. The molecule has 0 unspecified atom stereocenters. The molecule has 0 amide bonds. The molecule has 2 rings (SSSR count). The van der Waals surface area contributed by atoms with Crippen LogP contribution in [0.25, 0.3) is 0 Å². The van der Waals surface area contributed by atoms with E-state index in [0.29, 0.717) is 0 Å². The first-order chi connectivity index (χ1) is 13.8. The van der Waals surface area contributed by atoms with Gasteiger partial charge in [0.2, 0.25) is 0 Å². The molecule has 0 N–H and O–H groups in total. The van der Waals surface area contributed by atoms with Gasteiger partial charge in [0.25, 0.3) is 0 Å². The molecular weight excluding hydrogens is 344 g/mol. The Labute approximate surface area is 173 Å². The number of unbranched alkanes of at least 4 members (excludes halogenated alkanes) is 14. The number of hydrogen-bond donors (Lipinski definition) is 0. The standard InChI is InChI=1S/C26H44O2/c1-2-3-4-5-6-7-8-9-10-11-12-13-14-15-16-19-23-22-25(27)24-20-17-18-21-26(24)28-23/h22H,2-21H2,1H3. The fraction of sp³-hybridized carbons (Fsp3) is 0.808. The van der Waals surface area contributed by atoms with Crippen LogP contribution in [0.5, 0.6) is 0 Å². The lowest BCUT2D eigenvalue weighted by Crippen LogP contribution is -2.16. The molecule has 0 bridgehead atoms. The van der Waals surface area contributed by atoms with Crippen LogP contribution >= 0.6 is 0 Å². The van der Waals surface area contributed by atoms with E-state index in [9.17, 15) is 4.79 Å². The van der Waals surface area contributed by atoms with Crippen molar-refractivity contribution in [2.75, 3.05) is 0 Å². The van der Waals surface area contributed by atoms with E-state index in [1.807, 2.05) is 0 Å². The van der Waals surface area contributed by atoms with Crippen molar-refractivity contribution in [3.05, 3.63) is 33.4 Å². The molecule has 0 saturated heterocycles. The zero-order valence-electron chi connectivity index (χ0n) is 18.5. The first-order valence-electron chi connectivity index (χ1n) is 12.5. The van der Waals surface area contributed by atoms with Gasteiger partial charge in [-0.2, -0.15) is 0 Å². The Morgan fingerprint density at radius 2 is 1.21 bits per heavy atom. The fourth-order valence-electron chi connectivity index (χ4n) is 4.47. The molecule has 160 valence electrons. The van der Waals surface area contributed by atoms with E-state index < -0.39 is 0 Å². The van der Waals surface area contributed by atoms with Crippen LogP contribution in [0.2, 0.25) is 0 Å². The van der Waals surface area contributed by atoms with Crippen molar-refractivity contribution in [2.24, 2.45) is 0 Å². The minimum absolute atomic E-state index is 0.219. The summed E-state index contributed by atoms with van der Waals surface area (Å²) in [6, 6.07) is 1.76. The first-order valence-corrected chi connectivity index (χ1v) is 12.5. The highest BCUT2D eigenvalue weighted by Crippen LogP contribution is 2.20. The molecule has 1 heterocycles. The van der Waals surface area contributed by atoms with Crippen LogP contribution in [0, 0.1) is 0 Å². The lowest BCUT2D eigenvalue weighted by atomic mass is 9.96. The van der Waals surface area contributed by atoms with E-state index in [0.717, 1.165) is 49.2 Å². The molecule has 0 spiro atoms. The van der Waals surface area contributed by atoms with Gasteiger partial charge in [0.15, 0.2) is 5.43 Å². The average molecular weight is 389 g/mol.